The van der Waals surface area contributed by atoms with E-state index in [0.29, 0.717) is 0 Å². The van der Waals surface area contributed by atoms with Gasteiger partial charge in [0.2, 0.25) is 11.5 Å². The van der Waals surface area contributed by atoms with Crippen LogP contribution in [0.25, 0.3) is 0 Å². The number of halogens is 2. The number of hydrogen-bond acceptors (Lipinski definition) is 7. The van der Waals surface area contributed by atoms with Crippen LogP contribution in [0.1, 0.15) is 31.1 Å². The summed E-state index contributed by atoms with van der Waals surface area (Å²) >= 11 is 11.9. The molecule has 11 heteroatoms. The van der Waals surface area contributed by atoms with E-state index >= 15 is 0 Å². The zero-order chi connectivity index (χ0) is 21.2. The fourth-order valence-corrected chi connectivity index (χ4v) is 2.97. The zero-order valence-electron chi connectivity index (χ0n) is 14.8. The first-order chi connectivity index (χ1) is 13.0. The van der Waals surface area contributed by atoms with Crippen LogP contribution in [0, 0.1) is 26.1 Å². The van der Waals surface area contributed by atoms with E-state index in [1.165, 1.54) is 12.1 Å². The molecule has 0 saturated heterocycles. The fraction of sp³-hybridized carbons (Fsp3) is 0.294. The molecule has 0 heterocycles. The number of nitrogens with zero attached hydrogens (tertiary/aromatic N) is 2. The number of hydrogen-bond donors (Lipinski definition) is 2. The van der Waals surface area contributed by atoms with Gasteiger partial charge in [-0.15, -0.1) is 0 Å². The van der Waals surface area contributed by atoms with Gasteiger partial charge in [0.15, 0.2) is 0 Å². The van der Waals surface area contributed by atoms with Crippen molar-refractivity contribution in [2.75, 3.05) is 6.61 Å². The molecule has 2 aromatic rings. The van der Waals surface area contributed by atoms with Crippen LogP contribution in [0.5, 0.6) is 11.5 Å². The van der Waals surface area contributed by atoms with Crippen LogP contribution in [0.4, 0.5) is 11.4 Å². The second-order valence-corrected chi connectivity index (χ2v) is 7.22. The van der Waals surface area contributed by atoms with Crippen molar-refractivity contribution >= 4 is 34.6 Å². The number of aromatic hydroxyl groups is 2. The third kappa shape index (κ3) is 4.61. The van der Waals surface area contributed by atoms with Crippen LogP contribution in [-0.4, -0.2) is 26.7 Å². The standard InChI is InChI=1S/C17H16Cl2N2O7/c1-8(2)7-28-17(11-3-9(18)5-13(15(11)22)20(24)25)12-4-10(19)6-14(16(12)23)21(26)27/h3-6,8,17,22-23H,7H2,1-2H3. The molecule has 150 valence electrons. The largest absolute Gasteiger partial charge is 0.502 e. The minimum Gasteiger partial charge on any atom is -0.502 e. The second-order valence-electron chi connectivity index (χ2n) is 6.35. The van der Waals surface area contributed by atoms with Crippen molar-refractivity contribution in [2.45, 2.75) is 20.0 Å². The van der Waals surface area contributed by atoms with Crippen molar-refractivity contribution < 1.29 is 24.8 Å². The smallest absolute Gasteiger partial charge is 0.312 e. The minimum absolute atomic E-state index is 0.00938. The van der Waals surface area contributed by atoms with Gasteiger partial charge in [-0.2, -0.15) is 0 Å². The van der Waals surface area contributed by atoms with Gasteiger partial charge in [-0.1, -0.05) is 37.0 Å². The molecule has 0 atom stereocenters. The third-order valence-corrected chi connectivity index (χ3v) is 4.16. The van der Waals surface area contributed by atoms with E-state index in [4.69, 9.17) is 27.9 Å². The van der Waals surface area contributed by atoms with Gasteiger partial charge >= 0.3 is 11.4 Å². The first kappa shape index (κ1) is 21.7. The number of nitro groups is 2. The lowest BCUT2D eigenvalue weighted by Gasteiger charge is -2.22. The summed E-state index contributed by atoms with van der Waals surface area (Å²) in [4.78, 5) is 20.7. The SMILES string of the molecule is CC(C)COC(c1cc(Cl)cc([N+](=O)[O-])c1O)c1cc(Cl)cc([N+](=O)[O-])c1O. The predicted octanol–water partition coefficient (Wildman–Crippen LogP) is 4.98. The molecular weight excluding hydrogens is 415 g/mol. The van der Waals surface area contributed by atoms with Crippen molar-refractivity contribution in [3.63, 3.8) is 0 Å². The van der Waals surface area contributed by atoms with E-state index in [0.717, 1.165) is 12.1 Å². The molecule has 0 aliphatic carbocycles. The van der Waals surface area contributed by atoms with E-state index in [-0.39, 0.29) is 33.7 Å². The molecule has 2 N–H and O–H groups in total. The fourth-order valence-electron chi connectivity index (χ4n) is 2.52. The van der Waals surface area contributed by atoms with Gasteiger partial charge in [0.25, 0.3) is 0 Å². The highest BCUT2D eigenvalue weighted by atomic mass is 35.5. The predicted molar refractivity (Wildman–Crippen MR) is 102 cm³/mol. The average Bonchev–Trinajstić information content (AvgIpc) is 2.59. The lowest BCUT2D eigenvalue weighted by molar-refractivity contribution is -0.386. The molecule has 0 spiro atoms. The minimum atomic E-state index is -1.29. The highest BCUT2D eigenvalue weighted by molar-refractivity contribution is 6.31. The molecule has 0 aromatic heterocycles. The molecule has 2 aromatic carbocycles. The Balaban J connectivity index is 2.76. The summed E-state index contributed by atoms with van der Waals surface area (Å²) in [6.45, 7) is 3.78. The van der Waals surface area contributed by atoms with Gasteiger partial charge in [0.1, 0.15) is 6.10 Å². The number of phenolic OH excluding ortho intramolecular Hbond substituents is 2. The van der Waals surface area contributed by atoms with Crippen LogP contribution < -0.4 is 0 Å². The maximum absolute atomic E-state index is 11.2. The molecule has 2 rings (SSSR count). The van der Waals surface area contributed by atoms with Crippen molar-refractivity contribution in [3.05, 3.63) is 65.7 Å². The van der Waals surface area contributed by atoms with Gasteiger partial charge in [-0.05, 0) is 18.1 Å². The van der Waals surface area contributed by atoms with E-state index in [1.54, 1.807) is 0 Å². The van der Waals surface area contributed by atoms with Crippen LogP contribution in [-0.2, 0) is 4.74 Å². The summed E-state index contributed by atoms with van der Waals surface area (Å²) in [6.07, 6.45) is -1.29. The topological polar surface area (TPSA) is 136 Å². The van der Waals surface area contributed by atoms with Crippen LogP contribution in [0.2, 0.25) is 10.0 Å². The zero-order valence-corrected chi connectivity index (χ0v) is 16.3. The first-order valence-corrected chi connectivity index (χ1v) is 8.73. The van der Waals surface area contributed by atoms with Crippen molar-refractivity contribution in [3.8, 4) is 11.5 Å². The highest BCUT2D eigenvalue weighted by Gasteiger charge is 2.31. The Morgan fingerprint density at radius 1 is 0.929 bits per heavy atom. The van der Waals surface area contributed by atoms with E-state index in [2.05, 4.69) is 0 Å². The molecule has 0 amide bonds. The van der Waals surface area contributed by atoms with Gasteiger partial charge in [-0.25, -0.2) is 0 Å². The Kier molecular flexibility index (Phi) is 6.65. The van der Waals surface area contributed by atoms with Gasteiger partial charge < -0.3 is 14.9 Å². The molecule has 0 fully saturated rings. The Morgan fingerprint density at radius 2 is 1.32 bits per heavy atom. The number of rotatable bonds is 7. The number of benzene rings is 2. The Morgan fingerprint density at radius 3 is 1.64 bits per heavy atom. The molecule has 0 radical (unpaired) electrons. The molecule has 28 heavy (non-hydrogen) atoms. The highest BCUT2D eigenvalue weighted by Crippen LogP contribution is 2.45. The summed E-state index contributed by atoms with van der Waals surface area (Å²) in [5.41, 5.74) is -1.60. The van der Waals surface area contributed by atoms with Gasteiger partial charge in [-0.3, -0.25) is 20.2 Å². The molecule has 0 unspecified atom stereocenters. The summed E-state index contributed by atoms with van der Waals surface area (Å²) in [5.74, 6) is -1.45. The van der Waals surface area contributed by atoms with Crippen molar-refractivity contribution in [2.24, 2.45) is 5.92 Å². The van der Waals surface area contributed by atoms with Crippen molar-refractivity contribution in [1.82, 2.24) is 0 Å². The molecule has 0 saturated carbocycles. The summed E-state index contributed by atoms with van der Waals surface area (Å²) in [5, 5.41) is 43.1. The molecule has 0 bridgehead atoms. The Bertz CT molecular complexity index is 865. The second kappa shape index (κ2) is 8.59. The van der Waals surface area contributed by atoms with Crippen LogP contribution in [0.15, 0.2) is 24.3 Å². The summed E-state index contributed by atoms with van der Waals surface area (Å²) in [6, 6.07) is 4.36. The van der Waals surface area contributed by atoms with Crippen LogP contribution >= 0.6 is 23.2 Å². The molecule has 0 aliphatic heterocycles. The first-order valence-electron chi connectivity index (χ1n) is 7.98. The number of ether oxygens (including phenoxy) is 1. The van der Waals surface area contributed by atoms with Gasteiger partial charge in [0.05, 0.1) is 16.5 Å². The maximum atomic E-state index is 11.2. The lowest BCUT2D eigenvalue weighted by atomic mass is 9.98. The Labute approximate surface area is 169 Å². The molecule has 0 aliphatic rings. The van der Waals surface area contributed by atoms with E-state index in [1.807, 2.05) is 13.8 Å². The Hall–Kier alpha value is -2.62. The quantitative estimate of drug-likeness (QED) is 0.466. The van der Waals surface area contributed by atoms with Gasteiger partial charge in [0, 0.05) is 33.3 Å². The monoisotopic (exact) mass is 430 g/mol. The summed E-state index contributed by atoms with van der Waals surface area (Å²) < 4.78 is 5.73. The average molecular weight is 431 g/mol. The van der Waals surface area contributed by atoms with Crippen LogP contribution in [0.3, 0.4) is 0 Å². The maximum Gasteiger partial charge on any atom is 0.312 e. The summed E-state index contributed by atoms with van der Waals surface area (Å²) in [7, 11) is 0. The number of nitro benzene ring substituents is 2. The lowest BCUT2D eigenvalue weighted by Crippen LogP contribution is -2.12. The van der Waals surface area contributed by atoms with E-state index in [9.17, 15) is 30.4 Å². The third-order valence-electron chi connectivity index (χ3n) is 3.72. The van der Waals surface area contributed by atoms with E-state index < -0.39 is 38.8 Å². The molecule has 9 nitrogen and oxygen atoms in total. The number of phenols is 2. The normalized spacial score (nSPS) is 11.2. The van der Waals surface area contributed by atoms with Crippen molar-refractivity contribution in [1.29, 1.82) is 0 Å². The molecular formula is C17H16Cl2N2O7.